The van der Waals surface area contributed by atoms with E-state index < -0.39 is 35.4 Å². The largest absolute Gasteiger partial charge is 0.479 e. The average Bonchev–Trinajstić information content (AvgIpc) is 3.30. The number of nitrogens with one attached hydrogen (secondary N) is 2. The summed E-state index contributed by atoms with van der Waals surface area (Å²) in [7, 11) is 0. The SMILES string of the molecule is CC(C)(c1ccc(-c2ccccc2)cc1)[C@H](C[C@@H](O)C(=O)O)NC(=O)c1cc(C(=O)O)n[nH]1. The zero-order valence-corrected chi connectivity index (χ0v) is 18.1. The minimum absolute atomic E-state index is 0.0857. The quantitative estimate of drug-likeness (QED) is 0.335. The number of aliphatic hydroxyl groups excluding tert-OH is 1. The normalized spacial score (nSPS) is 13.2. The van der Waals surface area contributed by atoms with Crippen LogP contribution < -0.4 is 5.32 Å². The van der Waals surface area contributed by atoms with Crippen molar-refractivity contribution in [2.24, 2.45) is 0 Å². The van der Waals surface area contributed by atoms with Gasteiger partial charge in [0.1, 0.15) is 5.69 Å². The third kappa shape index (κ3) is 5.45. The molecular weight excluding hydrogens is 426 g/mol. The number of carbonyl (C=O) groups excluding carboxylic acids is 1. The summed E-state index contributed by atoms with van der Waals surface area (Å²) in [6, 6.07) is 17.8. The molecule has 0 unspecified atom stereocenters. The van der Waals surface area contributed by atoms with E-state index in [1.807, 2.05) is 68.4 Å². The number of aliphatic carboxylic acids is 1. The van der Waals surface area contributed by atoms with Gasteiger partial charge in [-0.25, -0.2) is 9.59 Å². The van der Waals surface area contributed by atoms with Crippen LogP contribution in [0.1, 0.15) is 46.8 Å². The molecule has 0 bridgehead atoms. The Morgan fingerprint density at radius 2 is 1.61 bits per heavy atom. The summed E-state index contributed by atoms with van der Waals surface area (Å²) in [5.41, 5.74) is 1.68. The van der Waals surface area contributed by atoms with Crippen LogP contribution in [0.25, 0.3) is 11.1 Å². The topological polar surface area (TPSA) is 153 Å². The van der Waals surface area contributed by atoms with E-state index in [-0.39, 0.29) is 17.8 Å². The Morgan fingerprint density at radius 3 is 2.15 bits per heavy atom. The van der Waals surface area contributed by atoms with Gasteiger partial charge in [0.25, 0.3) is 5.91 Å². The van der Waals surface area contributed by atoms with E-state index in [2.05, 4.69) is 15.5 Å². The molecule has 9 nitrogen and oxygen atoms in total. The number of aromatic amines is 1. The highest BCUT2D eigenvalue weighted by Gasteiger charge is 2.36. The van der Waals surface area contributed by atoms with Crippen molar-refractivity contribution >= 4 is 17.8 Å². The molecule has 0 fully saturated rings. The predicted molar refractivity (Wildman–Crippen MR) is 120 cm³/mol. The van der Waals surface area contributed by atoms with Gasteiger partial charge in [-0.2, -0.15) is 5.10 Å². The van der Waals surface area contributed by atoms with Crippen LogP contribution in [0.4, 0.5) is 0 Å². The molecule has 0 aliphatic rings. The van der Waals surface area contributed by atoms with Crippen molar-refractivity contribution < 1.29 is 29.7 Å². The fourth-order valence-corrected chi connectivity index (χ4v) is 3.57. The fourth-order valence-electron chi connectivity index (χ4n) is 3.57. The first kappa shape index (κ1) is 23.7. The number of aromatic carboxylic acids is 1. The van der Waals surface area contributed by atoms with Crippen molar-refractivity contribution in [1.29, 1.82) is 0 Å². The summed E-state index contributed by atoms with van der Waals surface area (Å²) in [5.74, 6) is -3.35. The molecule has 1 amide bonds. The zero-order valence-electron chi connectivity index (χ0n) is 18.1. The van der Waals surface area contributed by atoms with Gasteiger partial charge in [-0.1, -0.05) is 68.4 Å². The standard InChI is InChI=1S/C24H25N3O6/c1-24(2,16-10-8-15(9-11-16)14-6-4-3-5-7-14)20(13-19(28)23(32)33)25-21(29)17-12-18(22(30)31)27-26-17/h3-12,19-20,28H,13H2,1-2H3,(H,25,29)(H,26,27)(H,30,31)(H,32,33)/t19-,20+/m1/s1. The van der Waals surface area contributed by atoms with Gasteiger partial charge in [0.05, 0.1) is 0 Å². The summed E-state index contributed by atoms with van der Waals surface area (Å²) in [4.78, 5) is 35.1. The number of amides is 1. The lowest BCUT2D eigenvalue weighted by Crippen LogP contribution is -2.50. The molecule has 3 aromatic rings. The molecule has 33 heavy (non-hydrogen) atoms. The minimum atomic E-state index is -1.70. The smallest absolute Gasteiger partial charge is 0.356 e. The van der Waals surface area contributed by atoms with Crippen LogP contribution in [0.5, 0.6) is 0 Å². The minimum Gasteiger partial charge on any atom is -0.479 e. The molecule has 0 saturated carbocycles. The second-order valence-corrected chi connectivity index (χ2v) is 8.25. The lowest BCUT2D eigenvalue weighted by molar-refractivity contribution is -0.147. The number of rotatable bonds is 9. The Morgan fingerprint density at radius 1 is 1.00 bits per heavy atom. The number of carboxylic acid groups (broad SMARTS) is 2. The van der Waals surface area contributed by atoms with Crippen molar-refractivity contribution in [3.05, 3.63) is 77.6 Å². The number of aliphatic hydroxyl groups is 1. The Labute approximate surface area is 190 Å². The van der Waals surface area contributed by atoms with Crippen LogP contribution >= 0.6 is 0 Å². The highest BCUT2D eigenvalue weighted by atomic mass is 16.4. The third-order valence-corrected chi connectivity index (χ3v) is 5.70. The molecule has 2 aromatic carbocycles. The van der Waals surface area contributed by atoms with Crippen molar-refractivity contribution in [2.45, 2.75) is 37.8 Å². The first-order chi connectivity index (χ1) is 15.6. The highest BCUT2D eigenvalue weighted by molar-refractivity contribution is 5.95. The molecule has 2 atom stereocenters. The first-order valence-electron chi connectivity index (χ1n) is 10.3. The van der Waals surface area contributed by atoms with Crippen LogP contribution in [-0.2, 0) is 10.2 Å². The summed E-state index contributed by atoms with van der Waals surface area (Å²) < 4.78 is 0. The average molecular weight is 451 g/mol. The maximum atomic E-state index is 12.8. The van der Waals surface area contributed by atoms with Gasteiger partial charge in [0, 0.05) is 23.9 Å². The number of benzene rings is 2. The summed E-state index contributed by atoms with van der Waals surface area (Å²) in [5, 5.41) is 36.9. The molecular formula is C24H25N3O6. The van der Waals surface area contributed by atoms with E-state index in [0.29, 0.717) is 0 Å². The number of hydrogen-bond acceptors (Lipinski definition) is 5. The van der Waals surface area contributed by atoms with Crippen molar-refractivity contribution in [3.63, 3.8) is 0 Å². The van der Waals surface area contributed by atoms with Crippen molar-refractivity contribution in [2.75, 3.05) is 0 Å². The first-order valence-corrected chi connectivity index (χ1v) is 10.3. The molecule has 0 radical (unpaired) electrons. The van der Waals surface area contributed by atoms with E-state index in [0.717, 1.165) is 22.8 Å². The zero-order chi connectivity index (χ0) is 24.2. The van der Waals surface area contributed by atoms with Crippen LogP contribution in [-0.4, -0.2) is 55.5 Å². The Bertz CT molecular complexity index is 1140. The second-order valence-electron chi connectivity index (χ2n) is 8.25. The molecule has 0 aliphatic carbocycles. The van der Waals surface area contributed by atoms with Gasteiger partial charge in [-0.15, -0.1) is 0 Å². The number of hydrogen-bond donors (Lipinski definition) is 5. The lowest BCUT2D eigenvalue weighted by Gasteiger charge is -2.36. The fraction of sp³-hybridized carbons (Fsp3) is 0.250. The van der Waals surface area contributed by atoms with Gasteiger partial charge in [-0.05, 0) is 16.7 Å². The summed E-state index contributed by atoms with van der Waals surface area (Å²) >= 11 is 0. The molecule has 5 N–H and O–H groups in total. The number of H-pyrrole nitrogens is 1. The van der Waals surface area contributed by atoms with Gasteiger partial charge in [0.2, 0.25) is 0 Å². The second kappa shape index (κ2) is 9.66. The Balaban J connectivity index is 1.88. The van der Waals surface area contributed by atoms with Crippen LogP contribution in [0.2, 0.25) is 0 Å². The van der Waals surface area contributed by atoms with Gasteiger partial charge in [0.15, 0.2) is 11.8 Å². The molecule has 1 heterocycles. The van der Waals surface area contributed by atoms with Crippen LogP contribution in [0.3, 0.4) is 0 Å². The van der Waals surface area contributed by atoms with Crippen molar-refractivity contribution in [1.82, 2.24) is 15.5 Å². The molecule has 1 aromatic heterocycles. The van der Waals surface area contributed by atoms with E-state index >= 15 is 0 Å². The summed E-state index contributed by atoms with van der Waals surface area (Å²) in [6.07, 6.45) is -1.96. The number of carbonyl (C=O) groups is 3. The molecule has 3 rings (SSSR count). The number of carboxylic acids is 2. The van der Waals surface area contributed by atoms with Crippen LogP contribution in [0.15, 0.2) is 60.7 Å². The monoisotopic (exact) mass is 451 g/mol. The van der Waals surface area contributed by atoms with Crippen LogP contribution in [0, 0.1) is 0 Å². The van der Waals surface area contributed by atoms with E-state index in [1.54, 1.807) is 0 Å². The van der Waals surface area contributed by atoms with E-state index in [1.165, 1.54) is 0 Å². The Hall–Kier alpha value is -3.98. The van der Waals surface area contributed by atoms with E-state index in [4.69, 9.17) is 5.11 Å². The molecule has 172 valence electrons. The van der Waals surface area contributed by atoms with E-state index in [9.17, 15) is 24.6 Å². The number of aromatic nitrogens is 2. The highest BCUT2D eigenvalue weighted by Crippen LogP contribution is 2.32. The van der Waals surface area contributed by atoms with Gasteiger partial charge in [-0.3, -0.25) is 9.89 Å². The maximum absolute atomic E-state index is 12.8. The molecule has 0 spiro atoms. The van der Waals surface area contributed by atoms with Gasteiger partial charge < -0.3 is 20.6 Å². The molecule has 0 saturated heterocycles. The number of nitrogens with zero attached hydrogens (tertiary/aromatic N) is 1. The summed E-state index contributed by atoms with van der Waals surface area (Å²) in [6.45, 7) is 3.67. The Kier molecular flexibility index (Phi) is 6.93. The lowest BCUT2D eigenvalue weighted by atomic mass is 9.75. The third-order valence-electron chi connectivity index (χ3n) is 5.70. The maximum Gasteiger partial charge on any atom is 0.356 e. The van der Waals surface area contributed by atoms with Gasteiger partial charge >= 0.3 is 11.9 Å². The molecule has 9 heteroatoms. The predicted octanol–water partition coefficient (Wildman–Crippen LogP) is 2.69. The van der Waals surface area contributed by atoms with Crippen molar-refractivity contribution in [3.8, 4) is 11.1 Å². The molecule has 0 aliphatic heterocycles.